The molecular formula is C25H32N2O2S. The average Bonchev–Trinajstić information content (AvgIpc) is 3.25. The predicted molar refractivity (Wildman–Crippen MR) is 122 cm³/mol. The van der Waals surface area contributed by atoms with E-state index in [0.29, 0.717) is 18.0 Å². The first-order chi connectivity index (χ1) is 14.5. The van der Waals surface area contributed by atoms with Gasteiger partial charge < -0.3 is 10.2 Å². The lowest BCUT2D eigenvalue weighted by Crippen LogP contribution is -2.50. The Balaban J connectivity index is 1.73. The number of thiophene rings is 1. The number of fused-ring (bicyclic) bond motifs is 1. The van der Waals surface area contributed by atoms with Gasteiger partial charge in [-0.2, -0.15) is 0 Å². The standard InChI is InChI=1S/C25H32N2O2S/c1-16(2)15-27-23(21-9-6-14-30-21)22(19-7-4-5-8-20(19)25(27)29)24(28)26-18-12-10-17(3)11-13-18/h4-9,14,16-18,22-23H,10-13,15H2,1-3H3,(H,26,28). The fourth-order valence-corrected chi connectivity index (χ4v) is 5.82. The lowest BCUT2D eigenvalue weighted by Gasteiger charge is -2.42. The summed E-state index contributed by atoms with van der Waals surface area (Å²) in [6.07, 6.45) is 4.41. The van der Waals surface area contributed by atoms with Gasteiger partial charge in [0.1, 0.15) is 0 Å². The van der Waals surface area contributed by atoms with Crippen LogP contribution in [-0.2, 0) is 4.79 Å². The Hall–Kier alpha value is -2.14. The van der Waals surface area contributed by atoms with Crippen molar-refractivity contribution in [1.82, 2.24) is 10.2 Å². The highest BCUT2D eigenvalue weighted by atomic mass is 32.1. The molecule has 1 N–H and O–H groups in total. The van der Waals surface area contributed by atoms with Crippen LogP contribution >= 0.6 is 11.3 Å². The number of benzene rings is 1. The maximum Gasteiger partial charge on any atom is 0.254 e. The summed E-state index contributed by atoms with van der Waals surface area (Å²) in [6.45, 7) is 7.17. The molecule has 0 spiro atoms. The van der Waals surface area contributed by atoms with Gasteiger partial charge in [0.05, 0.1) is 12.0 Å². The first-order valence-electron chi connectivity index (χ1n) is 11.2. The third-order valence-electron chi connectivity index (χ3n) is 6.48. The number of nitrogens with one attached hydrogen (secondary N) is 1. The van der Waals surface area contributed by atoms with Crippen LogP contribution < -0.4 is 5.32 Å². The van der Waals surface area contributed by atoms with E-state index in [1.165, 1.54) is 12.8 Å². The van der Waals surface area contributed by atoms with Gasteiger partial charge in [-0.25, -0.2) is 0 Å². The van der Waals surface area contributed by atoms with Crippen LogP contribution in [0.15, 0.2) is 41.8 Å². The topological polar surface area (TPSA) is 49.4 Å². The number of amides is 2. The van der Waals surface area contributed by atoms with Crippen LogP contribution in [0.2, 0.25) is 0 Å². The van der Waals surface area contributed by atoms with E-state index < -0.39 is 0 Å². The van der Waals surface area contributed by atoms with E-state index in [9.17, 15) is 9.59 Å². The summed E-state index contributed by atoms with van der Waals surface area (Å²) >= 11 is 1.63. The predicted octanol–water partition coefficient (Wildman–Crippen LogP) is 5.38. The molecule has 4 rings (SSSR count). The Morgan fingerprint density at radius 1 is 1.13 bits per heavy atom. The number of nitrogens with zero attached hydrogens (tertiary/aromatic N) is 1. The minimum Gasteiger partial charge on any atom is -0.353 e. The van der Waals surface area contributed by atoms with Gasteiger partial charge in [0.2, 0.25) is 5.91 Å². The molecule has 2 heterocycles. The molecule has 1 fully saturated rings. The third kappa shape index (κ3) is 4.18. The molecule has 2 unspecified atom stereocenters. The fourth-order valence-electron chi connectivity index (χ4n) is 4.94. The van der Waals surface area contributed by atoms with Crippen molar-refractivity contribution in [2.45, 2.75) is 64.5 Å². The molecule has 4 nitrogen and oxygen atoms in total. The molecule has 0 saturated heterocycles. The third-order valence-corrected chi connectivity index (χ3v) is 7.42. The van der Waals surface area contributed by atoms with Crippen LogP contribution in [0.1, 0.15) is 79.2 Å². The Kier molecular flexibility index (Phi) is 6.28. The zero-order valence-electron chi connectivity index (χ0n) is 18.1. The van der Waals surface area contributed by atoms with Crippen LogP contribution in [0.25, 0.3) is 0 Å². The van der Waals surface area contributed by atoms with Crippen LogP contribution in [0.5, 0.6) is 0 Å². The van der Waals surface area contributed by atoms with Gasteiger partial charge in [-0.05, 0) is 60.6 Å². The SMILES string of the molecule is CC(C)CN1C(=O)c2ccccc2C(C(=O)NC2CCC(C)CC2)C1c1cccs1. The summed E-state index contributed by atoms with van der Waals surface area (Å²) < 4.78 is 0. The number of hydrogen-bond acceptors (Lipinski definition) is 3. The monoisotopic (exact) mass is 424 g/mol. The van der Waals surface area contributed by atoms with Crippen LogP contribution in [0, 0.1) is 11.8 Å². The van der Waals surface area contributed by atoms with Crippen molar-refractivity contribution in [3.63, 3.8) is 0 Å². The number of hydrogen-bond donors (Lipinski definition) is 1. The molecule has 160 valence electrons. The minimum atomic E-state index is -0.379. The van der Waals surface area contributed by atoms with E-state index in [2.05, 4.69) is 32.2 Å². The summed E-state index contributed by atoms with van der Waals surface area (Å²) in [6, 6.07) is 11.7. The molecule has 2 aliphatic rings. The van der Waals surface area contributed by atoms with E-state index in [4.69, 9.17) is 0 Å². The second kappa shape index (κ2) is 8.93. The van der Waals surface area contributed by atoms with Crippen molar-refractivity contribution in [3.05, 3.63) is 57.8 Å². The molecule has 2 amide bonds. The molecule has 2 atom stereocenters. The fraction of sp³-hybridized carbons (Fsp3) is 0.520. The quantitative estimate of drug-likeness (QED) is 0.700. The molecule has 2 aromatic rings. The zero-order chi connectivity index (χ0) is 21.3. The first kappa shape index (κ1) is 21.1. The van der Waals surface area contributed by atoms with Crippen molar-refractivity contribution in [2.24, 2.45) is 11.8 Å². The van der Waals surface area contributed by atoms with Gasteiger partial charge in [0.15, 0.2) is 0 Å². The van der Waals surface area contributed by atoms with E-state index in [0.717, 1.165) is 29.2 Å². The molecule has 0 radical (unpaired) electrons. The van der Waals surface area contributed by atoms with Gasteiger partial charge in [0.25, 0.3) is 5.91 Å². The van der Waals surface area contributed by atoms with E-state index >= 15 is 0 Å². The Labute approximate surface area is 183 Å². The van der Waals surface area contributed by atoms with Gasteiger partial charge in [-0.15, -0.1) is 11.3 Å². The maximum atomic E-state index is 13.7. The zero-order valence-corrected chi connectivity index (χ0v) is 19.0. The lowest BCUT2D eigenvalue weighted by atomic mass is 9.80. The van der Waals surface area contributed by atoms with Gasteiger partial charge in [-0.1, -0.05) is 45.0 Å². The summed E-state index contributed by atoms with van der Waals surface area (Å²) in [7, 11) is 0. The minimum absolute atomic E-state index is 0.0354. The molecule has 5 heteroatoms. The van der Waals surface area contributed by atoms with Crippen molar-refractivity contribution in [1.29, 1.82) is 0 Å². The molecule has 1 aliphatic carbocycles. The summed E-state index contributed by atoms with van der Waals surface area (Å²) in [5.41, 5.74) is 1.53. The van der Waals surface area contributed by atoms with Gasteiger partial charge in [-0.3, -0.25) is 9.59 Å². The van der Waals surface area contributed by atoms with Crippen molar-refractivity contribution < 1.29 is 9.59 Å². The molecule has 1 aliphatic heterocycles. The Bertz CT molecular complexity index is 884. The van der Waals surface area contributed by atoms with Crippen molar-refractivity contribution in [2.75, 3.05) is 6.54 Å². The Morgan fingerprint density at radius 3 is 2.53 bits per heavy atom. The molecule has 1 saturated carbocycles. The van der Waals surface area contributed by atoms with Crippen molar-refractivity contribution in [3.8, 4) is 0 Å². The van der Waals surface area contributed by atoms with Gasteiger partial charge >= 0.3 is 0 Å². The molecule has 1 aromatic carbocycles. The molecule has 30 heavy (non-hydrogen) atoms. The normalized spacial score (nSPS) is 26.5. The molecular weight excluding hydrogens is 392 g/mol. The second-order valence-corrected chi connectivity index (χ2v) is 10.3. The van der Waals surface area contributed by atoms with Crippen molar-refractivity contribution >= 4 is 23.2 Å². The van der Waals surface area contributed by atoms with E-state index in [1.54, 1.807) is 11.3 Å². The molecule has 0 bridgehead atoms. The highest BCUT2D eigenvalue weighted by molar-refractivity contribution is 7.10. The van der Waals surface area contributed by atoms with Crippen LogP contribution in [0.4, 0.5) is 0 Å². The maximum absolute atomic E-state index is 13.7. The van der Waals surface area contributed by atoms with E-state index in [-0.39, 0.29) is 29.8 Å². The smallest absolute Gasteiger partial charge is 0.254 e. The lowest BCUT2D eigenvalue weighted by molar-refractivity contribution is -0.125. The summed E-state index contributed by atoms with van der Waals surface area (Å²) in [4.78, 5) is 30.2. The summed E-state index contributed by atoms with van der Waals surface area (Å²) in [5, 5.41) is 5.39. The number of carbonyl (C=O) groups excluding carboxylic acids is 2. The number of carbonyl (C=O) groups is 2. The largest absolute Gasteiger partial charge is 0.353 e. The van der Waals surface area contributed by atoms with E-state index in [1.807, 2.05) is 40.6 Å². The highest BCUT2D eigenvalue weighted by Crippen LogP contribution is 2.44. The van der Waals surface area contributed by atoms with Crippen LogP contribution in [-0.4, -0.2) is 29.3 Å². The van der Waals surface area contributed by atoms with Crippen LogP contribution in [0.3, 0.4) is 0 Å². The Morgan fingerprint density at radius 2 is 1.87 bits per heavy atom. The molecule has 1 aromatic heterocycles. The second-order valence-electron chi connectivity index (χ2n) is 9.34. The average molecular weight is 425 g/mol. The van der Waals surface area contributed by atoms with Gasteiger partial charge in [0, 0.05) is 23.0 Å². The summed E-state index contributed by atoms with van der Waals surface area (Å²) in [5.74, 6) is 0.780. The first-order valence-corrected chi connectivity index (χ1v) is 12.1. The highest BCUT2D eigenvalue weighted by Gasteiger charge is 2.45. The number of rotatable bonds is 5.